The lowest BCUT2D eigenvalue weighted by atomic mass is 10.1. The maximum absolute atomic E-state index is 11.3. The molecule has 1 aromatic heterocycles. The lowest BCUT2D eigenvalue weighted by molar-refractivity contribution is 0.101. The number of ketones is 1. The average Bonchev–Trinajstić information content (AvgIpc) is 3.23. The fourth-order valence-corrected chi connectivity index (χ4v) is 3.17. The lowest BCUT2D eigenvalue weighted by Crippen LogP contribution is -1.93. The van der Waals surface area contributed by atoms with E-state index in [2.05, 4.69) is 10.3 Å². The van der Waals surface area contributed by atoms with Crippen molar-refractivity contribution in [1.82, 2.24) is 4.98 Å². The Kier molecular flexibility index (Phi) is 3.66. The predicted octanol–water partition coefficient (Wildman–Crippen LogP) is 4.49. The number of Topliss-reactive ketones (excluding diaryl/α,β-unsaturated/α-hetero) is 1. The van der Waals surface area contributed by atoms with Gasteiger partial charge in [-0.1, -0.05) is 0 Å². The van der Waals surface area contributed by atoms with E-state index >= 15 is 0 Å². The zero-order valence-corrected chi connectivity index (χ0v) is 13.7. The van der Waals surface area contributed by atoms with E-state index in [9.17, 15) is 4.79 Å². The van der Waals surface area contributed by atoms with Gasteiger partial charge in [-0.05, 0) is 49.4 Å². The Morgan fingerprint density at radius 1 is 1.12 bits per heavy atom. The summed E-state index contributed by atoms with van der Waals surface area (Å²) in [5.41, 5.74) is 3.45. The van der Waals surface area contributed by atoms with Gasteiger partial charge in [-0.25, -0.2) is 4.98 Å². The molecule has 1 aliphatic rings. The van der Waals surface area contributed by atoms with E-state index in [1.54, 1.807) is 19.1 Å². The molecule has 0 aliphatic carbocycles. The molecular weight excluding hydrogens is 324 g/mol. The van der Waals surface area contributed by atoms with Crippen molar-refractivity contribution >= 4 is 27.9 Å². The highest BCUT2D eigenvalue weighted by Gasteiger charge is 2.15. The van der Waals surface area contributed by atoms with Crippen LogP contribution < -0.4 is 14.8 Å². The molecule has 0 unspecified atom stereocenters. The second-order valence-electron chi connectivity index (χ2n) is 5.36. The number of benzene rings is 2. The quantitative estimate of drug-likeness (QED) is 0.711. The maximum atomic E-state index is 11.3. The van der Waals surface area contributed by atoms with Crippen molar-refractivity contribution in [2.75, 3.05) is 12.1 Å². The Morgan fingerprint density at radius 2 is 1.92 bits per heavy atom. The highest BCUT2D eigenvalue weighted by atomic mass is 32.1. The Bertz CT molecular complexity index is 903. The molecule has 120 valence electrons. The number of hydrogen-bond donors (Lipinski definition) is 1. The number of fused-ring (bicyclic) bond motifs is 1. The van der Waals surface area contributed by atoms with Crippen LogP contribution in [0, 0.1) is 0 Å². The van der Waals surface area contributed by atoms with E-state index in [1.165, 1.54) is 11.3 Å². The monoisotopic (exact) mass is 338 g/mol. The zero-order valence-electron chi connectivity index (χ0n) is 12.9. The number of rotatable bonds is 4. The predicted molar refractivity (Wildman–Crippen MR) is 93.4 cm³/mol. The number of anilines is 2. The topological polar surface area (TPSA) is 60.5 Å². The number of carbonyl (C=O) groups excluding carboxylic acids is 1. The number of nitrogens with one attached hydrogen (secondary N) is 1. The van der Waals surface area contributed by atoms with Crippen molar-refractivity contribution in [1.29, 1.82) is 0 Å². The minimum atomic E-state index is 0.0564. The van der Waals surface area contributed by atoms with Gasteiger partial charge in [0.2, 0.25) is 6.79 Å². The summed E-state index contributed by atoms with van der Waals surface area (Å²) in [4.78, 5) is 15.9. The van der Waals surface area contributed by atoms with Crippen LogP contribution in [0.4, 0.5) is 10.8 Å². The van der Waals surface area contributed by atoms with E-state index in [0.717, 1.165) is 33.6 Å². The van der Waals surface area contributed by atoms with Crippen LogP contribution >= 0.6 is 11.3 Å². The molecule has 24 heavy (non-hydrogen) atoms. The van der Waals surface area contributed by atoms with Gasteiger partial charge in [0.05, 0.1) is 5.69 Å². The zero-order chi connectivity index (χ0) is 16.5. The first-order valence-electron chi connectivity index (χ1n) is 7.42. The van der Waals surface area contributed by atoms with E-state index in [-0.39, 0.29) is 12.6 Å². The largest absolute Gasteiger partial charge is 0.454 e. The van der Waals surface area contributed by atoms with Gasteiger partial charge in [0, 0.05) is 22.2 Å². The molecule has 0 fully saturated rings. The van der Waals surface area contributed by atoms with Crippen LogP contribution in [0.2, 0.25) is 0 Å². The van der Waals surface area contributed by atoms with Gasteiger partial charge in [0.15, 0.2) is 22.4 Å². The van der Waals surface area contributed by atoms with Crippen LogP contribution in [0.1, 0.15) is 17.3 Å². The van der Waals surface area contributed by atoms with E-state index < -0.39 is 0 Å². The molecule has 4 rings (SSSR count). The Hall–Kier alpha value is -2.86. The van der Waals surface area contributed by atoms with Crippen LogP contribution in [-0.4, -0.2) is 17.6 Å². The molecule has 2 heterocycles. The summed E-state index contributed by atoms with van der Waals surface area (Å²) in [6.07, 6.45) is 0. The molecule has 0 atom stereocenters. The molecule has 0 amide bonds. The first-order chi connectivity index (χ1) is 11.7. The van der Waals surface area contributed by atoms with Crippen molar-refractivity contribution in [3.05, 3.63) is 53.4 Å². The Labute approximate surface area is 142 Å². The molecule has 5 nitrogen and oxygen atoms in total. The molecule has 3 aromatic rings. The second-order valence-corrected chi connectivity index (χ2v) is 6.22. The number of nitrogens with zero attached hydrogens (tertiary/aromatic N) is 1. The molecule has 0 radical (unpaired) electrons. The minimum Gasteiger partial charge on any atom is -0.454 e. The molecule has 0 saturated carbocycles. The van der Waals surface area contributed by atoms with Gasteiger partial charge in [0.1, 0.15) is 0 Å². The van der Waals surface area contributed by atoms with Crippen LogP contribution in [-0.2, 0) is 0 Å². The molecular formula is C18H14N2O3S. The number of thiazole rings is 1. The molecule has 1 N–H and O–H groups in total. The summed E-state index contributed by atoms with van der Waals surface area (Å²) in [6.45, 7) is 1.82. The number of ether oxygens (including phenoxy) is 2. The van der Waals surface area contributed by atoms with Gasteiger partial charge in [0.25, 0.3) is 0 Å². The van der Waals surface area contributed by atoms with Gasteiger partial charge < -0.3 is 14.8 Å². The Morgan fingerprint density at radius 3 is 2.71 bits per heavy atom. The third-order valence-electron chi connectivity index (χ3n) is 3.72. The summed E-state index contributed by atoms with van der Waals surface area (Å²) in [6, 6.07) is 13.1. The van der Waals surface area contributed by atoms with Crippen molar-refractivity contribution in [2.45, 2.75) is 6.92 Å². The molecule has 6 heteroatoms. The van der Waals surface area contributed by atoms with Crippen molar-refractivity contribution in [3.63, 3.8) is 0 Å². The van der Waals surface area contributed by atoms with Crippen LogP contribution in [0.3, 0.4) is 0 Å². The van der Waals surface area contributed by atoms with E-state index in [4.69, 9.17) is 9.47 Å². The van der Waals surface area contributed by atoms with Crippen molar-refractivity contribution in [2.24, 2.45) is 0 Å². The van der Waals surface area contributed by atoms with Gasteiger partial charge in [-0.3, -0.25) is 4.79 Å². The fourth-order valence-electron chi connectivity index (χ4n) is 2.43. The first-order valence-corrected chi connectivity index (χ1v) is 8.30. The normalized spacial score (nSPS) is 12.2. The highest BCUT2D eigenvalue weighted by Crippen LogP contribution is 2.36. The number of aromatic nitrogens is 1. The molecule has 1 aliphatic heterocycles. The van der Waals surface area contributed by atoms with Gasteiger partial charge in [-0.2, -0.15) is 0 Å². The Balaban J connectivity index is 1.53. The van der Waals surface area contributed by atoms with E-state index in [1.807, 2.05) is 35.7 Å². The van der Waals surface area contributed by atoms with Crippen LogP contribution in [0.25, 0.3) is 11.3 Å². The smallest absolute Gasteiger partial charge is 0.231 e. The van der Waals surface area contributed by atoms with Gasteiger partial charge >= 0.3 is 0 Å². The second kappa shape index (κ2) is 5.98. The van der Waals surface area contributed by atoms with Crippen molar-refractivity contribution in [3.8, 4) is 22.8 Å². The summed E-state index contributed by atoms with van der Waals surface area (Å²) < 4.78 is 10.7. The van der Waals surface area contributed by atoms with E-state index in [0.29, 0.717) is 5.56 Å². The average molecular weight is 338 g/mol. The van der Waals surface area contributed by atoms with Crippen molar-refractivity contribution < 1.29 is 14.3 Å². The number of hydrogen-bond acceptors (Lipinski definition) is 6. The molecule has 0 bridgehead atoms. The lowest BCUT2D eigenvalue weighted by Gasteiger charge is -2.03. The van der Waals surface area contributed by atoms with Crippen LogP contribution in [0.15, 0.2) is 47.8 Å². The third kappa shape index (κ3) is 2.83. The number of carbonyl (C=O) groups is 1. The summed E-state index contributed by atoms with van der Waals surface area (Å²) in [5, 5.41) is 6.03. The minimum absolute atomic E-state index is 0.0564. The molecule has 0 saturated heterocycles. The maximum Gasteiger partial charge on any atom is 0.231 e. The SMILES string of the molecule is CC(=O)c1ccc(Nc2nc(-c3ccc4c(c3)OCO4)cs2)cc1. The fraction of sp³-hybridized carbons (Fsp3) is 0.111. The molecule has 2 aromatic carbocycles. The van der Waals surface area contributed by atoms with Crippen LogP contribution in [0.5, 0.6) is 11.5 Å². The highest BCUT2D eigenvalue weighted by molar-refractivity contribution is 7.14. The summed E-state index contributed by atoms with van der Waals surface area (Å²) in [5.74, 6) is 1.56. The summed E-state index contributed by atoms with van der Waals surface area (Å²) in [7, 11) is 0. The first kappa shape index (κ1) is 14.7. The molecule has 0 spiro atoms. The summed E-state index contributed by atoms with van der Waals surface area (Å²) >= 11 is 1.52. The third-order valence-corrected chi connectivity index (χ3v) is 4.47. The van der Waals surface area contributed by atoms with Gasteiger partial charge in [-0.15, -0.1) is 11.3 Å². The standard InChI is InChI=1S/C18H14N2O3S/c1-11(21)12-2-5-14(6-3-12)19-18-20-15(9-24-18)13-4-7-16-17(8-13)23-10-22-16/h2-9H,10H2,1H3,(H,19,20).